The quantitative estimate of drug-likeness (QED) is 0.164. The van der Waals surface area contributed by atoms with Crippen molar-refractivity contribution in [3.63, 3.8) is 0 Å². The number of benzene rings is 8. The van der Waals surface area contributed by atoms with Crippen LogP contribution >= 0.6 is 0 Å². The second-order valence-corrected chi connectivity index (χ2v) is 14.7. The summed E-state index contributed by atoms with van der Waals surface area (Å²) >= 11 is 0. The Morgan fingerprint density at radius 3 is 1.66 bits per heavy atom. The normalized spacial score (nSPS) is 12.3. The summed E-state index contributed by atoms with van der Waals surface area (Å²) in [4.78, 5) is 5.25. The number of rotatable bonds is 6. The molecule has 0 atom stereocenters. The first-order valence-corrected chi connectivity index (χ1v) is 19.4. The highest BCUT2D eigenvalue weighted by molar-refractivity contribution is 6.15. The highest BCUT2D eigenvalue weighted by atomic mass is 15.0. The number of fused-ring (bicyclic) bond motifs is 6. The van der Waals surface area contributed by atoms with E-state index in [2.05, 4.69) is 204 Å². The number of para-hydroxylation sites is 2. The third-order valence-electron chi connectivity index (χ3n) is 11.6. The van der Waals surface area contributed by atoms with Crippen LogP contribution in [-0.4, -0.2) is 8.97 Å². The van der Waals surface area contributed by atoms with Crippen molar-refractivity contribution in [1.82, 2.24) is 8.97 Å². The molecule has 0 aliphatic rings. The molecule has 0 unspecified atom stereocenters. The van der Waals surface area contributed by atoms with Crippen molar-refractivity contribution in [3.05, 3.63) is 198 Å². The van der Waals surface area contributed by atoms with Crippen LogP contribution in [0.1, 0.15) is 12.5 Å². The van der Waals surface area contributed by atoms with Crippen LogP contribution < -0.4 is 10.7 Å². The van der Waals surface area contributed by atoms with Crippen molar-refractivity contribution in [2.45, 2.75) is 13.3 Å². The Morgan fingerprint density at radius 1 is 0.446 bits per heavy atom. The summed E-state index contributed by atoms with van der Waals surface area (Å²) in [6, 6.07) is 66.0. The Hall–Kier alpha value is -7.23. The summed E-state index contributed by atoms with van der Waals surface area (Å²) in [6.45, 7) is 6.71. The Kier molecular flexibility index (Phi) is 7.30. The van der Waals surface area contributed by atoms with E-state index in [1.54, 1.807) is 0 Å². The average Bonchev–Trinajstić information content (AvgIpc) is 3.87. The number of aromatic nitrogens is 2. The molecule has 0 aliphatic carbocycles. The maximum absolute atomic E-state index is 5.25. The van der Waals surface area contributed by atoms with Crippen LogP contribution in [0.15, 0.2) is 187 Å². The predicted octanol–water partition coefficient (Wildman–Crippen LogP) is 12.7. The number of aryl methyl sites for hydroxylation is 1. The van der Waals surface area contributed by atoms with Gasteiger partial charge in [-0.3, -0.25) is 4.40 Å². The lowest BCUT2D eigenvalue weighted by molar-refractivity contribution is 1.08. The van der Waals surface area contributed by atoms with Crippen LogP contribution in [0.3, 0.4) is 0 Å². The molecular formula is C53H37N3. The Bertz CT molecular complexity index is 3290. The van der Waals surface area contributed by atoms with E-state index in [1.165, 1.54) is 77.0 Å². The SMILES string of the molecule is C=c1c(=Nc2ccccc2CC)n2c3ccc(-c4ccc(-n5c6cc(-c7ccccc7)ccc6c6ccc(-c7ccccc7)cc65)cc4)cc3c3cccc1c32. The van der Waals surface area contributed by atoms with Gasteiger partial charge in [0, 0.05) is 37.8 Å². The van der Waals surface area contributed by atoms with Crippen LogP contribution in [0.5, 0.6) is 0 Å². The third-order valence-corrected chi connectivity index (χ3v) is 11.6. The second-order valence-electron chi connectivity index (χ2n) is 14.7. The summed E-state index contributed by atoms with van der Waals surface area (Å²) in [5.41, 5.74) is 16.2. The van der Waals surface area contributed by atoms with Gasteiger partial charge in [0.25, 0.3) is 0 Å². The van der Waals surface area contributed by atoms with Gasteiger partial charge in [0.2, 0.25) is 0 Å². The van der Waals surface area contributed by atoms with E-state index >= 15 is 0 Å². The lowest BCUT2D eigenvalue weighted by Crippen LogP contribution is -2.24. The van der Waals surface area contributed by atoms with Crippen molar-refractivity contribution in [2.75, 3.05) is 0 Å². The zero-order valence-electron chi connectivity index (χ0n) is 31.1. The molecule has 11 rings (SSSR count). The Morgan fingerprint density at radius 2 is 1.00 bits per heavy atom. The molecule has 3 aromatic heterocycles. The lowest BCUT2D eigenvalue weighted by atomic mass is 10.0. The molecule has 0 fully saturated rings. The van der Waals surface area contributed by atoms with Gasteiger partial charge in [0.1, 0.15) is 5.49 Å². The maximum atomic E-state index is 5.25. The standard InChI is InChI=1S/C53H37N3/c1-3-35-13-10-11-20-48(35)54-53-34(2)43-18-12-19-46-47-31-39(25-30-49(47)56(53)52(43)46)38-21-26-42(27-22-38)55-50-32-40(36-14-6-4-7-15-36)23-28-44(50)45-29-24-41(33-51(45)55)37-16-8-5-9-17-37/h4-33H,2-3H2,1H3. The monoisotopic (exact) mass is 715 g/mol. The largest absolute Gasteiger partial charge is 0.309 e. The molecule has 0 N–H and O–H groups in total. The first kappa shape index (κ1) is 32.2. The van der Waals surface area contributed by atoms with E-state index in [9.17, 15) is 0 Å². The smallest absolute Gasteiger partial charge is 0.145 e. The molecule has 0 radical (unpaired) electrons. The zero-order valence-corrected chi connectivity index (χ0v) is 31.1. The third kappa shape index (κ3) is 4.94. The van der Waals surface area contributed by atoms with Gasteiger partial charge < -0.3 is 4.57 Å². The van der Waals surface area contributed by atoms with Gasteiger partial charge in [-0.15, -0.1) is 0 Å². The summed E-state index contributed by atoms with van der Waals surface area (Å²) in [6.07, 6.45) is 0.927. The van der Waals surface area contributed by atoms with Crippen LogP contribution in [0.25, 0.3) is 94.6 Å². The summed E-state index contributed by atoms with van der Waals surface area (Å²) in [5, 5.41) is 7.05. The first-order chi connectivity index (χ1) is 27.6. The van der Waals surface area contributed by atoms with Gasteiger partial charge in [0.15, 0.2) is 0 Å². The fourth-order valence-electron chi connectivity index (χ4n) is 8.84. The second kappa shape index (κ2) is 12.7. The summed E-state index contributed by atoms with van der Waals surface area (Å²) < 4.78 is 4.75. The summed E-state index contributed by atoms with van der Waals surface area (Å²) in [5.74, 6) is 0. The molecule has 56 heavy (non-hydrogen) atoms. The van der Waals surface area contributed by atoms with E-state index in [0.29, 0.717) is 0 Å². The van der Waals surface area contributed by atoms with Gasteiger partial charge in [-0.25, -0.2) is 4.99 Å². The molecule has 0 saturated carbocycles. The van der Waals surface area contributed by atoms with E-state index in [-0.39, 0.29) is 0 Å². The minimum atomic E-state index is 0.904. The van der Waals surface area contributed by atoms with E-state index in [4.69, 9.17) is 4.99 Å². The van der Waals surface area contributed by atoms with Gasteiger partial charge in [-0.2, -0.15) is 0 Å². The molecule has 11 aromatic rings. The molecule has 8 aromatic carbocycles. The maximum Gasteiger partial charge on any atom is 0.145 e. The molecule has 3 heteroatoms. The Labute approximate surface area is 324 Å². The average molecular weight is 716 g/mol. The van der Waals surface area contributed by atoms with E-state index < -0.39 is 0 Å². The number of hydrogen-bond donors (Lipinski definition) is 0. The van der Waals surface area contributed by atoms with Gasteiger partial charge in [0.05, 0.1) is 27.8 Å². The fourth-order valence-corrected chi connectivity index (χ4v) is 8.84. The molecule has 0 saturated heterocycles. The van der Waals surface area contributed by atoms with Crippen LogP contribution in [-0.2, 0) is 6.42 Å². The highest BCUT2D eigenvalue weighted by Crippen LogP contribution is 2.38. The molecule has 3 nitrogen and oxygen atoms in total. The van der Waals surface area contributed by atoms with Gasteiger partial charge in [-0.1, -0.05) is 153 Å². The highest BCUT2D eigenvalue weighted by Gasteiger charge is 2.18. The summed E-state index contributed by atoms with van der Waals surface area (Å²) in [7, 11) is 0. The topological polar surface area (TPSA) is 21.7 Å². The van der Waals surface area contributed by atoms with Crippen LogP contribution in [0.4, 0.5) is 5.69 Å². The van der Waals surface area contributed by atoms with E-state index in [0.717, 1.165) is 39.4 Å². The minimum Gasteiger partial charge on any atom is -0.309 e. The fraction of sp³-hybridized carbons (Fsp3) is 0.0377. The molecule has 3 heterocycles. The lowest BCUT2D eigenvalue weighted by Gasteiger charge is -2.11. The van der Waals surface area contributed by atoms with Crippen molar-refractivity contribution >= 4 is 61.3 Å². The molecule has 264 valence electrons. The van der Waals surface area contributed by atoms with Crippen LogP contribution in [0.2, 0.25) is 0 Å². The van der Waals surface area contributed by atoms with E-state index in [1.807, 2.05) is 0 Å². The molecule has 0 amide bonds. The van der Waals surface area contributed by atoms with Crippen molar-refractivity contribution in [3.8, 4) is 39.1 Å². The van der Waals surface area contributed by atoms with Gasteiger partial charge >= 0.3 is 0 Å². The molecule has 0 aliphatic heterocycles. The minimum absolute atomic E-state index is 0.904. The van der Waals surface area contributed by atoms with Crippen molar-refractivity contribution in [2.24, 2.45) is 4.99 Å². The van der Waals surface area contributed by atoms with Crippen LogP contribution in [0, 0.1) is 0 Å². The van der Waals surface area contributed by atoms with Gasteiger partial charge in [-0.05, 0) is 87.8 Å². The Balaban J connectivity index is 1.06. The first-order valence-electron chi connectivity index (χ1n) is 19.4. The zero-order chi connectivity index (χ0) is 37.3. The number of nitrogens with zero attached hydrogens (tertiary/aromatic N) is 3. The number of hydrogen-bond acceptors (Lipinski definition) is 1. The predicted molar refractivity (Wildman–Crippen MR) is 236 cm³/mol. The van der Waals surface area contributed by atoms with Crippen molar-refractivity contribution in [1.29, 1.82) is 0 Å². The van der Waals surface area contributed by atoms with Crippen molar-refractivity contribution < 1.29 is 0 Å². The molecular weight excluding hydrogens is 679 g/mol. The molecule has 0 spiro atoms. The molecule has 0 bridgehead atoms.